The Balaban J connectivity index is 1.72. The fourth-order valence-electron chi connectivity index (χ4n) is 3.48. The van der Waals surface area contributed by atoms with E-state index in [2.05, 4.69) is 25.7 Å². The highest BCUT2D eigenvalue weighted by atomic mass is 16.6. The van der Waals surface area contributed by atoms with Crippen molar-refractivity contribution in [2.45, 2.75) is 32.9 Å². The highest BCUT2D eigenvalue weighted by Gasteiger charge is 2.27. The van der Waals surface area contributed by atoms with Crippen LogP contribution in [-0.4, -0.2) is 36.4 Å². The smallest absolute Gasteiger partial charge is 0.412 e. The number of fused-ring (bicyclic) bond motifs is 1. The number of benzene rings is 1. The number of hydrogen-bond acceptors (Lipinski definition) is 8. The quantitative estimate of drug-likeness (QED) is 0.297. The van der Waals surface area contributed by atoms with Gasteiger partial charge in [0.2, 0.25) is 5.82 Å². The number of carbonyl (C=O) groups is 1. The van der Waals surface area contributed by atoms with E-state index in [1.165, 1.54) is 6.07 Å². The average Bonchev–Trinajstić information content (AvgIpc) is 3.22. The van der Waals surface area contributed by atoms with Crippen molar-refractivity contribution in [2.24, 2.45) is 7.05 Å². The average molecular weight is 476 g/mol. The third-order valence-electron chi connectivity index (χ3n) is 4.94. The molecule has 3 aromatic heterocycles. The van der Waals surface area contributed by atoms with E-state index in [0.717, 1.165) is 16.5 Å². The lowest BCUT2D eigenvalue weighted by molar-refractivity contribution is -0.383. The Morgan fingerprint density at radius 2 is 2.03 bits per heavy atom. The molecule has 0 unspecified atom stereocenters. The lowest BCUT2D eigenvalue weighted by Gasteiger charge is -2.20. The molecule has 1 amide bonds. The molecular weight excluding hydrogens is 450 g/mol. The SMILES string of the molecule is Cn1cc(-c2cc(NC(=O)OC(C)(C)C)c([N+](=O)[O-])c(NCc3ccc4ncccc4c3)n2)cn1. The van der Waals surface area contributed by atoms with E-state index in [4.69, 9.17) is 4.74 Å². The van der Waals surface area contributed by atoms with Crippen LogP contribution in [0.4, 0.5) is 22.0 Å². The number of rotatable bonds is 6. The molecule has 0 bridgehead atoms. The number of anilines is 2. The Hall–Kier alpha value is -4.54. The summed E-state index contributed by atoms with van der Waals surface area (Å²) in [4.78, 5) is 32.7. The summed E-state index contributed by atoms with van der Waals surface area (Å²) in [6.45, 7) is 5.39. The van der Waals surface area contributed by atoms with Crippen LogP contribution in [0.3, 0.4) is 0 Å². The maximum atomic E-state index is 12.5. The van der Waals surface area contributed by atoms with Crippen LogP contribution in [0, 0.1) is 10.1 Å². The predicted octanol–water partition coefficient (Wildman–Crippen LogP) is 4.90. The number of hydrogen-bond donors (Lipinski definition) is 2. The van der Waals surface area contributed by atoms with Crippen molar-refractivity contribution >= 4 is 34.2 Å². The van der Waals surface area contributed by atoms with Crippen molar-refractivity contribution in [1.82, 2.24) is 19.7 Å². The van der Waals surface area contributed by atoms with Gasteiger partial charge in [-0.15, -0.1) is 0 Å². The van der Waals surface area contributed by atoms with E-state index in [1.807, 2.05) is 30.3 Å². The van der Waals surface area contributed by atoms with Crippen LogP contribution < -0.4 is 10.6 Å². The number of ether oxygens (including phenoxy) is 1. The van der Waals surface area contributed by atoms with Crippen LogP contribution in [0.2, 0.25) is 0 Å². The van der Waals surface area contributed by atoms with Crippen LogP contribution >= 0.6 is 0 Å². The molecule has 35 heavy (non-hydrogen) atoms. The zero-order valence-electron chi connectivity index (χ0n) is 19.8. The minimum atomic E-state index is -0.808. The van der Waals surface area contributed by atoms with E-state index in [9.17, 15) is 14.9 Å². The number of aryl methyl sites for hydroxylation is 1. The number of carbonyl (C=O) groups excluding carboxylic acids is 1. The van der Waals surface area contributed by atoms with Crippen LogP contribution in [-0.2, 0) is 18.3 Å². The Kier molecular flexibility index (Phi) is 6.32. The van der Waals surface area contributed by atoms with Crippen molar-refractivity contribution in [1.29, 1.82) is 0 Å². The van der Waals surface area contributed by atoms with Gasteiger partial charge in [0.1, 0.15) is 11.3 Å². The first-order valence-corrected chi connectivity index (χ1v) is 10.8. The molecular formula is C24H25N7O4. The molecule has 0 fully saturated rings. The molecule has 3 heterocycles. The van der Waals surface area contributed by atoms with Crippen LogP contribution in [0.1, 0.15) is 26.3 Å². The third-order valence-corrected chi connectivity index (χ3v) is 4.94. The summed E-state index contributed by atoms with van der Waals surface area (Å²) in [5, 5.41) is 22.7. The van der Waals surface area contributed by atoms with Gasteiger partial charge in [-0.1, -0.05) is 12.1 Å². The van der Waals surface area contributed by atoms with E-state index in [0.29, 0.717) is 11.3 Å². The van der Waals surface area contributed by atoms with Gasteiger partial charge < -0.3 is 10.1 Å². The van der Waals surface area contributed by atoms with E-state index in [1.54, 1.807) is 51.1 Å². The van der Waals surface area contributed by atoms with E-state index >= 15 is 0 Å². The lowest BCUT2D eigenvalue weighted by atomic mass is 10.1. The molecule has 0 saturated heterocycles. The molecule has 0 saturated carbocycles. The number of nitrogens with zero attached hydrogens (tertiary/aromatic N) is 5. The summed E-state index contributed by atoms with van der Waals surface area (Å²) < 4.78 is 6.89. The zero-order chi connectivity index (χ0) is 25.2. The normalized spacial score (nSPS) is 11.3. The number of nitro groups is 1. The van der Waals surface area contributed by atoms with Gasteiger partial charge in [0.05, 0.1) is 22.3 Å². The molecule has 2 N–H and O–H groups in total. The molecule has 4 aromatic rings. The fraction of sp³-hybridized carbons (Fsp3) is 0.250. The van der Waals surface area contributed by atoms with Crippen LogP contribution in [0.5, 0.6) is 0 Å². The van der Waals surface area contributed by atoms with Crippen LogP contribution in [0.15, 0.2) is 55.0 Å². The summed E-state index contributed by atoms with van der Waals surface area (Å²) in [6.07, 6.45) is 4.23. The summed E-state index contributed by atoms with van der Waals surface area (Å²) in [6, 6.07) is 10.9. The van der Waals surface area contributed by atoms with Gasteiger partial charge in [-0.3, -0.25) is 25.1 Å². The maximum Gasteiger partial charge on any atom is 0.412 e. The number of nitrogens with one attached hydrogen (secondary N) is 2. The van der Waals surface area contributed by atoms with Gasteiger partial charge in [0.15, 0.2) is 0 Å². The standard InChI is InChI=1S/C24H25N7O4/c1-24(2,3)35-23(32)29-20-11-19(17-13-27-30(4)14-17)28-22(21(20)31(33)34)26-12-15-7-8-18-16(10-15)6-5-9-25-18/h5-11,13-14H,12H2,1-4H3,(H2,26,28,29,32). The molecule has 0 aliphatic rings. The summed E-state index contributed by atoms with van der Waals surface area (Å²) in [5.74, 6) is 0.00805. The highest BCUT2D eigenvalue weighted by Crippen LogP contribution is 2.36. The minimum Gasteiger partial charge on any atom is -0.444 e. The predicted molar refractivity (Wildman–Crippen MR) is 132 cm³/mol. The van der Waals surface area contributed by atoms with E-state index < -0.39 is 16.6 Å². The largest absolute Gasteiger partial charge is 0.444 e. The van der Waals surface area contributed by atoms with Crippen molar-refractivity contribution in [3.63, 3.8) is 0 Å². The molecule has 0 aliphatic carbocycles. The summed E-state index contributed by atoms with van der Waals surface area (Å²) >= 11 is 0. The van der Waals surface area contributed by atoms with Gasteiger partial charge in [-0.2, -0.15) is 5.10 Å². The van der Waals surface area contributed by atoms with Crippen molar-refractivity contribution in [3.05, 3.63) is 70.7 Å². The Morgan fingerprint density at radius 1 is 1.23 bits per heavy atom. The van der Waals surface area contributed by atoms with Gasteiger partial charge in [0.25, 0.3) is 0 Å². The first-order valence-electron chi connectivity index (χ1n) is 10.8. The topological polar surface area (TPSA) is 137 Å². The van der Waals surface area contributed by atoms with Gasteiger partial charge in [-0.05, 0) is 50.6 Å². The number of amides is 1. The Labute approximate surface area is 201 Å². The van der Waals surface area contributed by atoms with Gasteiger partial charge in [0, 0.05) is 36.9 Å². The monoisotopic (exact) mass is 475 g/mol. The highest BCUT2D eigenvalue weighted by molar-refractivity contribution is 5.92. The number of pyridine rings is 2. The second-order valence-electron chi connectivity index (χ2n) is 8.92. The molecule has 0 atom stereocenters. The van der Waals surface area contributed by atoms with Gasteiger partial charge >= 0.3 is 11.8 Å². The second kappa shape index (κ2) is 9.37. The van der Waals surface area contributed by atoms with Gasteiger partial charge in [-0.25, -0.2) is 9.78 Å². The zero-order valence-corrected chi connectivity index (χ0v) is 19.8. The molecule has 180 valence electrons. The summed E-state index contributed by atoms with van der Waals surface area (Å²) in [5.41, 5.74) is 1.59. The first-order chi connectivity index (χ1) is 16.6. The van der Waals surface area contributed by atoms with E-state index in [-0.39, 0.29) is 23.7 Å². The number of aromatic nitrogens is 4. The first kappa shape index (κ1) is 23.6. The summed E-state index contributed by atoms with van der Waals surface area (Å²) in [7, 11) is 1.75. The Bertz CT molecular complexity index is 1410. The lowest BCUT2D eigenvalue weighted by Crippen LogP contribution is -2.27. The maximum absolute atomic E-state index is 12.5. The molecule has 11 nitrogen and oxygen atoms in total. The molecule has 0 radical (unpaired) electrons. The molecule has 0 aliphatic heterocycles. The second-order valence-corrected chi connectivity index (χ2v) is 8.92. The molecule has 11 heteroatoms. The van der Waals surface area contributed by atoms with Crippen LogP contribution in [0.25, 0.3) is 22.2 Å². The third kappa shape index (κ3) is 5.69. The molecule has 4 rings (SSSR count). The minimum absolute atomic E-state index is 0.00805. The van der Waals surface area contributed by atoms with Crippen molar-refractivity contribution in [2.75, 3.05) is 10.6 Å². The van der Waals surface area contributed by atoms with Crippen molar-refractivity contribution in [3.8, 4) is 11.3 Å². The fourth-order valence-corrected chi connectivity index (χ4v) is 3.48. The molecule has 0 spiro atoms. The molecule has 1 aromatic carbocycles. The Morgan fingerprint density at radius 3 is 2.71 bits per heavy atom. The van der Waals surface area contributed by atoms with Crippen molar-refractivity contribution < 1.29 is 14.5 Å².